The van der Waals surface area contributed by atoms with Crippen LogP contribution < -0.4 is 41.8 Å². The van der Waals surface area contributed by atoms with Gasteiger partial charge in [-0.05, 0) is 78.6 Å². The summed E-state index contributed by atoms with van der Waals surface area (Å²) in [5.41, 5.74) is 6.82. The van der Waals surface area contributed by atoms with Crippen LogP contribution in [0.1, 0.15) is 43.2 Å². The number of amides is 6. The van der Waals surface area contributed by atoms with Crippen molar-refractivity contribution in [1.82, 2.24) is 36.3 Å². The molecule has 386 valence electrons. The maximum Gasteiger partial charge on any atom is 0.305 e. The maximum atomic E-state index is 14.4. The maximum absolute atomic E-state index is 14.4. The predicted molar refractivity (Wildman–Crippen MR) is 255 cm³/mol. The summed E-state index contributed by atoms with van der Waals surface area (Å²) in [6.45, 7) is -0.955. The van der Waals surface area contributed by atoms with E-state index in [0.717, 1.165) is 24.3 Å². The van der Waals surface area contributed by atoms with Gasteiger partial charge in [-0.1, -0.05) is 48.5 Å². The minimum Gasteiger partial charge on any atom is -0.481 e. The smallest absolute Gasteiger partial charge is 0.305 e. The van der Waals surface area contributed by atoms with Crippen molar-refractivity contribution in [2.45, 2.75) is 80.1 Å². The number of carboxylic acids is 3. The monoisotopic (exact) mass is 1030 g/mol. The summed E-state index contributed by atoms with van der Waals surface area (Å²) in [6, 6.07) is 16.8. The van der Waals surface area contributed by atoms with E-state index in [9.17, 15) is 71.3 Å². The van der Waals surface area contributed by atoms with Crippen LogP contribution in [0.5, 0.6) is 11.5 Å². The molecule has 0 saturated carbocycles. The van der Waals surface area contributed by atoms with Gasteiger partial charge in [-0.3, -0.25) is 43.2 Å². The molecule has 5 aromatic rings. The third kappa shape index (κ3) is 17.3. The number of aromatic nitrogens is 1. The molecule has 0 aliphatic rings. The second-order valence-corrected chi connectivity index (χ2v) is 18.1. The van der Waals surface area contributed by atoms with Gasteiger partial charge in [-0.25, -0.2) is 12.8 Å². The van der Waals surface area contributed by atoms with Crippen molar-refractivity contribution in [3.8, 4) is 11.5 Å². The minimum absolute atomic E-state index is 0.182. The van der Waals surface area contributed by atoms with Crippen LogP contribution in [0.4, 0.5) is 4.39 Å². The number of sulfonamides is 1. The Morgan fingerprint density at radius 2 is 1.19 bits per heavy atom. The second-order valence-electron chi connectivity index (χ2n) is 16.3. The average molecular weight is 1030 g/mol. The van der Waals surface area contributed by atoms with Gasteiger partial charge in [0, 0.05) is 42.8 Å². The number of fused-ring (bicyclic) bond motifs is 1. The number of ether oxygens (including phenoxy) is 1. The number of carboxylic acid groups (broad SMARTS) is 3. The van der Waals surface area contributed by atoms with Crippen molar-refractivity contribution in [2.75, 3.05) is 6.54 Å². The number of aliphatic carboxylic acids is 3. The van der Waals surface area contributed by atoms with Gasteiger partial charge in [0.25, 0.3) is 0 Å². The van der Waals surface area contributed by atoms with Gasteiger partial charge in [0.15, 0.2) is 0 Å². The van der Waals surface area contributed by atoms with Crippen LogP contribution in [0.2, 0.25) is 0 Å². The van der Waals surface area contributed by atoms with Gasteiger partial charge in [0.05, 0.1) is 17.9 Å². The molecular formula is C48H51FN8O15S. The molecule has 25 heteroatoms. The molecule has 0 spiro atoms. The number of halogens is 1. The Morgan fingerprint density at radius 1 is 0.616 bits per heavy atom. The molecule has 0 aliphatic heterocycles. The number of H-pyrrole nitrogens is 1. The number of nitrogens with two attached hydrogens (primary N) is 1. The topological polar surface area (TPSA) is 372 Å². The van der Waals surface area contributed by atoms with Crippen molar-refractivity contribution in [3.63, 3.8) is 0 Å². The predicted octanol–water partition coefficient (Wildman–Crippen LogP) is 0.977. The summed E-state index contributed by atoms with van der Waals surface area (Å²) in [5.74, 6) is -11.0. The highest BCUT2D eigenvalue weighted by Gasteiger charge is 2.33. The molecule has 0 bridgehead atoms. The van der Waals surface area contributed by atoms with E-state index in [1.165, 1.54) is 24.3 Å². The largest absolute Gasteiger partial charge is 0.481 e. The molecule has 5 rings (SSSR count). The van der Waals surface area contributed by atoms with Crippen molar-refractivity contribution in [1.29, 1.82) is 0 Å². The first-order chi connectivity index (χ1) is 34.7. The fraction of sp³-hybridized carbons (Fsp3) is 0.271. The summed E-state index contributed by atoms with van der Waals surface area (Å²) in [5, 5.41) is 40.5. The number of hydrogen-bond donors (Lipinski definition) is 11. The van der Waals surface area contributed by atoms with Crippen molar-refractivity contribution < 1.29 is 76.0 Å². The van der Waals surface area contributed by atoms with E-state index >= 15 is 0 Å². The molecule has 12 N–H and O–H groups in total. The highest BCUT2D eigenvalue weighted by Crippen LogP contribution is 2.23. The fourth-order valence-electron chi connectivity index (χ4n) is 7.21. The molecule has 0 aliphatic carbocycles. The van der Waals surface area contributed by atoms with Crippen LogP contribution in [-0.4, -0.2) is 119 Å². The highest BCUT2D eigenvalue weighted by molar-refractivity contribution is 7.89. The Labute approximate surface area is 415 Å². The van der Waals surface area contributed by atoms with Crippen LogP contribution in [0.15, 0.2) is 114 Å². The number of carbonyl (C=O) groups is 9. The summed E-state index contributed by atoms with van der Waals surface area (Å²) in [4.78, 5) is 118. The lowest BCUT2D eigenvalue weighted by atomic mass is 10.0. The lowest BCUT2D eigenvalue weighted by Crippen LogP contribution is -2.58. The van der Waals surface area contributed by atoms with Gasteiger partial charge < -0.3 is 57.4 Å². The first-order valence-corrected chi connectivity index (χ1v) is 23.7. The van der Waals surface area contributed by atoms with Gasteiger partial charge >= 0.3 is 17.9 Å². The van der Waals surface area contributed by atoms with E-state index in [-0.39, 0.29) is 17.7 Å². The van der Waals surface area contributed by atoms with Crippen molar-refractivity contribution in [2.24, 2.45) is 5.73 Å². The normalized spacial score (nSPS) is 13.2. The van der Waals surface area contributed by atoms with Crippen LogP contribution in [-0.2, 0) is 66.0 Å². The zero-order valence-electron chi connectivity index (χ0n) is 38.5. The number of carbonyl (C=O) groups excluding carboxylic acids is 6. The van der Waals surface area contributed by atoms with E-state index in [0.29, 0.717) is 22.2 Å². The van der Waals surface area contributed by atoms with Crippen molar-refractivity contribution in [3.05, 3.63) is 126 Å². The lowest BCUT2D eigenvalue weighted by Gasteiger charge is -2.25. The molecule has 6 amide bonds. The van der Waals surface area contributed by atoms with E-state index in [1.54, 1.807) is 60.8 Å². The van der Waals surface area contributed by atoms with E-state index in [4.69, 9.17) is 10.5 Å². The number of rotatable bonds is 28. The number of para-hydroxylation sites is 2. The summed E-state index contributed by atoms with van der Waals surface area (Å²) in [7, 11) is -4.63. The number of nitrogens with one attached hydrogen (secondary N) is 7. The Hall–Kier alpha value is -8.71. The summed E-state index contributed by atoms with van der Waals surface area (Å²) in [6.07, 6.45) is -2.52. The van der Waals surface area contributed by atoms with Crippen LogP contribution in [0.3, 0.4) is 0 Å². The Balaban J connectivity index is 1.32. The molecule has 1 heterocycles. The fourth-order valence-corrected chi connectivity index (χ4v) is 8.41. The Kier molecular flexibility index (Phi) is 19.6. The van der Waals surface area contributed by atoms with Crippen molar-refractivity contribution >= 4 is 74.3 Å². The molecule has 4 aromatic carbocycles. The van der Waals surface area contributed by atoms with E-state index in [1.807, 2.05) is 4.72 Å². The molecule has 0 radical (unpaired) electrons. The van der Waals surface area contributed by atoms with Gasteiger partial charge in [0.2, 0.25) is 45.5 Å². The lowest BCUT2D eigenvalue weighted by molar-refractivity contribution is -0.140. The first kappa shape index (κ1) is 55.2. The second kappa shape index (κ2) is 25.9. The molecule has 0 saturated heterocycles. The molecule has 1 aromatic heterocycles. The zero-order valence-corrected chi connectivity index (χ0v) is 39.4. The molecule has 23 nitrogen and oxygen atoms in total. The summed E-state index contributed by atoms with van der Waals surface area (Å²) >= 11 is 0. The van der Waals surface area contributed by atoms with Crippen LogP contribution >= 0.6 is 0 Å². The third-order valence-electron chi connectivity index (χ3n) is 10.8. The molecule has 73 heavy (non-hydrogen) atoms. The van der Waals surface area contributed by atoms with Gasteiger partial charge in [-0.15, -0.1) is 0 Å². The SMILES string of the molecule is NC(=O)[C@H](CCC(=O)O)NC(=O)[C@H](Cc1c[nH]c2ccccc12)NC(=O)[C@H](Cc1cccc(F)c1)NC(=O)CNC(=O)[C@H](CCC(=O)O)NC(=O)[C@@H](CC(=O)O)NS(=O)(=O)c1ccc(Oc2ccccc2)cc1. The number of aromatic amines is 1. The molecule has 0 fully saturated rings. The Bertz CT molecular complexity index is 2940. The third-order valence-corrected chi connectivity index (χ3v) is 12.3. The highest BCUT2D eigenvalue weighted by atomic mass is 32.2. The number of benzene rings is 4. The standard InChI is InChI=1S/C48H51FN8O15S/c49-29-8-6-7-27(21-29)22-37(46(67)56-38(23-28-25-51-34-12-5-4-11-33(28)34)47(68)54-35(44(50)65)17-19-41(59)60)53-40(58)26-52-45(66)36(18-20-42(61)62)55-48(69)39(24-43(63)64)57-73(70,71)32-15-13-31(14-16-32)72-30-9-2-1-3-10-30/h1-16,21,25,35-39,51,57H,17-20,22-24,26H2,(H2,50,65)(H,52,66)(H,53,58)(H,54,68)(H,55,69)(H,56,67)(H,59,60)(H,61,62)(H,63,64)/t35-,36-,37-,38-,39+/m0/s1. The summed E-state index contributed by atoms with van der Waals surface area (Å²) < 4.78 is 48.8. The van der Waals surface area contributed by atoms with Gasteiger partial charge in [-0.2, -0.15) is 4.72 Å². The van der Waals surface area contributed by atoms with Crippen LogP contribution in [0.25, 0.3) is 10.9 Å². The van der Waals surface area contributed by atoms with Gasteiger partial charge in [0.1, 0.15) is 47.5 Å². The average Bonchev–Trinajstić information content (AvgIpc) is 3.75. The molecule has 0 unspecified atom stereocenters. The quantitative estimate of drug-likeness (QED) is 0.0333. The van der Waals surface area contributed by atoms with E-state index < -0.39 is 149 Å². The zero-order chi connectivity index (χ0) is 53.2. The minimum atomic E-state index is -4.63. The van der Waals surface area contributed by atoms with E-state index in [2.05, 4.69) is 31.6 Å². The molecular weight excluding hydrogens is 980 g/mol. The first-order valence-electron chi connectivity index (χ1n) is 22.2. The van der Waals surface area contributed by atoms with Crippen LogP contribution in [0, 0.1) is 5.82 Å². The Morgan fingerprint density at radius 3 is 1.82 bits per heavy atom. The molecule has 5 atom stereocenters. The number of hydrogen-bond acceptors (Lipinski definition) is 12. The number of primary amides is 1.